The van der Waals surface area contributed by atoms with E-state index in [1.807, 2.05) is 0 Å². The van der Waals surface area contributed by atoms with Crippen molar-refractivity contribution in [2.45, 2.75) is 11.8 Å². The van der Waals surface area contributed by atoms with Gasteiger partial charge < -0.3 is 8.92 Å². The molecule has 0 heterocycles. The Morgan fingerprint density at radius 2 is 1.86 bits per heavy atom. The molecule has 2 aromatic carbocycles. The van der Waals surface area contributed by atoms with Gasteiger partial charge >= 0.3 is 16.1 Å². The van der Waals surface area contributed by atoms with E-state index in [0.717, 1.165) is 18.2 Å². The van der Waals surface area contributed by atoms with Crippen LogP contribution in [0.1, 0.15) is 15.9 Å². The maximum atomic E-state index is 13.1. The van der Waals surface area contributed by atoms with Gasteiger partial charge in [0.1, 0.15) is 16.5 Å². The van der Waals surface area contributed by atoms with Gasteiger partial charge in [-0.25, -0.2) is 9.18 Å². The van der Waals surface area contributed by atoms with Gasteiger partial charge in [-0.1, -0.05) is 6.07 Å². The molecular weight excluding hydrogens is 311 g/mol. The first-order valence-corrected chi connectivity index (χ1v) is 7.63. The molecule has 0 unspecified atom stereocenters. The summed E-state index contributed by atoms with van der Waals surface area (Å²) in [5.74, 6) is -1.18. The Kier molecular flexibility index (Phi) is 4.46. The average Bonchev–Trinajstić information content (AvgIpc) is 2.45. The lowest BCUT2D eigenvalue weighted by molar-refractivity contribution is 0.0600. The number of rotatable bonds is 4. The molecule has 0 aromatic heterocycles. The number of esters is 1. The number of ether oxygens (including phenoxy) is 1. The Labute approximate surface area is 127 Å². The van der Waals surface area contributed by atoms with Crippen molar-refractivity contribution in [2.24, 2.45) is 0 Å². The van der Waals surface area contributed by atoms with Crippen LogP contribution >= 0.6 is 0 Å². The van der Waals surface area contributed by atoms with E-state index >= 15 is 0 Å². The number of halogens is 1. The quantitative estimate of drug-likeness (QED) is 0.639. The van der Waals surface area contributed by atoms with E-state index in [4.69, 9.17) is 4.18 Å². The van der Waals surface area contributed by atoms with Crippen LogP contribution in [0.4, 0.5) is 4.39 Å². The average molecular weight is 324 g/mol. The van der Waals surface area contributed by atoms with Gasteiger partial charge in [-0.05, 0) is 48.9 Å². The molecule has 0 spiro atoms. The van der Waals surface area contributed by atoms with Crippen molar-refractivity contribution in [1.29, 1.82) is 0 Å². The van der Waals surface area contributed by atoms with E-state index in [9.17, 15) is 17.6 Å². The van der Waals surface area contributed by atoms with Crippen LogP contribution in [-0.2, 0) is 14.9 Å². The first kappa shape index (κ1) is 16.0. The largest absolute Gasteiger partial charge is 0.465 e. The zero-order chi connectivity index (χ0) is 16.3. The van der Waals surface area contributed by atoms with Crippen molar-refractivity contribution in [2.75, 3.05) is 7.11 Å². The second-order valence-corrected chi connectivity index (χ2v) is 5.98. The fourth-order valence-corrected chi connectivity index (χ4v) is 2.99. The highest BCUT2D eigenvalue weighted by atomic mass is 32.2. The van der Waals surface area contributed by atoms with Gasteiger partial charge in [0.2, 0.25) is 0 Å². The third kappa shape index (κ3) is 3.43. The van der Waals surface area contributed by atoms with Gasteiger partial charge in [-0.2, -0.15) is 8.42 Å². The molecule has 116 valence electrons. The maximum absolute atomic E-state index is 13.1. The van der Waals surface area contributed by atoms with E-state index in [-0.39, 0.29) is 21.8 Å². The summed E-state index contributed by atoms with van der Waals surface area (Å²) in [4.78, 5) is 11.3. The molecular formula is C15H13FO5S. The molecule has 22 heavy (non-hydrogen) atoms. The first-order valence-electron chi connectivity index (χ1n) is 6.22. The van der Waals surface area contributed by atoms with Crippen molar-refractivity contribution < 1.29 is 26.5 Å². The molecule has 0 aliphatic rings. The summed E-state index contributed by atoms with van der Waals surface area (Å²) in [6.07, 6.45) is 0. The van der Waals surface area contributed by atoms with Gasteiger partial charge in [-0.15, -0.1) is 0 Å². The van der Waals surface area contributed by atoms with E-state index < -0.39 is 21.9 Å². The lowest BCUT2D eigenvalue weighted by atomic mass is 10.2. The Bertz CT molecular complexity index is 814. The number of benzene rings is 2. The second kappa shape index (κ2) is 6.15. The molecule has 0 saturated heterocycles. The SMILES string of the molecule is COC(=O)c1cccc(OS(=O)(=O)c2ccc(F)cc2C)c1. The van der Waals surface area contributed by atoms with E-state index in [1.165, 1.54) is 38.3 Å². The normalized spacial score (nSPS) is 11.0. The van der Waals surface area contributed by atoms with Gasteiger partial charge in [0.05, 0.1) is 12.7 Å². The molecule has 5 nitrogen and oxygen atoms in total. The molecule has 0 N–H and O–H groups in total. The minimum Gasteiger partial charge on any atom is -0.465 e. The van der Waals surface area contributed by atoms with Crippen LogP contribution in [0.3, 0.4) is 0 Å². The minimum atomic E-state index is -4.13. The highest BCUT2D eigenvalue weighted by Crippen LogP contribution is 2.23. The molecule has 2 aromatic rings. The van der Waals surface area contributed by atoms with Crippen LogP contribution in [0.25, 0.3) is 0 Å². The van der Waals surface area contributed by atoms with Crippen molar-refractivity contribution in [3.05, 3.63) is 59.4 Å². The zero-order valence-electron chi connectivity index (χ0n) is 11.9. The van der Waals surface area contributed by atoms with Gasteiger partial charge in [0.25, 0.3) is 0 Å². The van der Waals surface area contributed by atoms with Crippen LogP contribution in [0.2, 0.25) is 0 Å². The van der Waals surface area contributed by atoms with Gasteiger partial charge in [0, 0.05) is 0 Å². The Morgan fingerprint density at radius 1 is 1.14 bits per heavy atom. The van der Waals surface area contributed by atoms with E-state index in [2.05, 4.69) is 4.74 Å². The third-order valence-corrected chi connectivity index (χ3v) is 4.28. The van der Waals surface area contributed by atoms with Gasteiger partial charge in [-0.3, -0.25) is 0 Å². The summed E-state index contributed by atoms with van der Waals surface area (Å²) in [5.41, 5.74) is 0.384. The predicted molar refractivity (Wildman–Crippen MR) is 76.7 cm³/mol. The molecule has 7 heteroatoms. The molecule has 0 saturated carbocycles. The molecule has 0 fully saturated rings. The van der Waals surface area contributed by atoms with Crippen molar-refractivity contribution in [3.63, 3.8) is 0 Å². The number of hydrogen-bond donors (Lipinski definition) is 0. The number of methoxy groups -OCH3 is 1. The highest BCUT2D eigenvalue weighted by Gasteiger charge is 2.20. The summed E-state index contributed by atoms with van der Waals surface area (Å²) in [6.45, 7) is 1.46. The highest BCUT2D eigenvalue weighted by molar-refractivity contribution is 7.87. The topological polar surface area (TPSA) is 69.7 Å². The maximum Gasteiger partial charge on any atom is 0.339 e. The molecule has 0 aliphatic carbocycles. The van der Waals surface area contributed by atoms with Crippen LogP contribution in [0.5, 0.6) is 5.75 Å². The molecule has 0 atom stereocenters. The van der Waals surface area contributed by atoms with Crippen LogP contribution in [-0.4, -0.2) is 21.5 Å². The first-order chi connectivity index (χ1) is 10.3. The standard InChI is InChI=1S/C15H13FO5S/c1-10-8-12(16)6-7-14(10)22(18,19)21-13-5-3-4-11(9-13)15(17)20-2/h3-9H,1-2H3. The third-order valence-electron chi connectivity index (χ3n) is 2.87. The Morgan fingerprint density at radius 3 is 2.50 bits per heavy atom. The molecule has 0 amide bonds. The number of hydrogen-bond acceptors (Lipinski definition) is 5. The fourth-order valence-electron chi connectivity index (χ4n) is 1.86. The van der Waals surface area contributed by atoms with Crippen LogP contribution in [0, 0.1) is 12.7 Å². The second-order valence-electron chi connectivity index (χ2n) is 4.47. The molecule has 2 rings (SSSR count). The number of aryl methyl sites for hydroxylation is 1. The molecule has 0 radical (unpaired) electrons. The summed E-state index contributed by atoms with van der Waals surface area (Å²) in [6, 6.07) is 8.84. The van der Waals surface area contributed by atoms with E-state index in [0.29, 0.717) is 0 Å². The summed E-state index contributed by atoms with van der Waals surface area (Å²) in [7, 11) is -2.91. The zero-order valence-corrected chi connectivity index (χ0v) is 12.7. The van der Waals surface area contributed by atoms with Crippen LogP contribution < -0.4 is 4.18 Å². The number of carbonyl (C=O) groups is 1. The fraction of sp³-hybridized carbons (Fsp3) is 0.133. The smallest absolute Gasteiger partial charge is 0.339 e. The Balaban J connectivity index is 2.35. The summed E-state index contributed by atoms with van der Waals surface area (Å²) >= 11 is 0. The Hall–Kier alpha value is -2.41. The number of carbonyl (C=O) groups excluding carboxylic acids is 1. The van der Waals surface area contributed by atoms with Crippen molar-refractivity contribution in [3.8, 4) is 5.75 Å². The van der Waals surface area contributed by atoms with Crippen molar-refractivity contribution in [1.82, 2.24) is 0 Å². The van der Waals surface area contributed by atoms with E-state index in [1.54, 1.807) is 0 Å². The summed E-state index contributed by atoms with van der Waals surface area (Å²) < 4.78 is 47.0. The minimum absolute atomic E-state index is 0.0355. The van der Waals surface area contributed by atoms with Crippen LogP contribution in [0.15, 0.2) is 47.4 Å². The van der Waals surface area contributed by atoms with Gasteiger partial charge in [0.15, 0.2) is 0 Å². The molecule has 0 bridgehead atoms. The van der Waals surface area contributed by atoms with Crippen molar-refractivity contribution >= 4 is 16.1 Å². The molecule has 0 aliphatic heterocycles. The summed E-state index contributed by atoms with van der Waals surface area (Å²) in [5, 5.41) is 0. The predicted octanol–water partition coefficient (Wildman–Crippen LogP) is 2.69. The lowest BCUT2D eigenvalue weighted by Crippen LogP contribution is -2.12. The monoisotopic (exact) mass is 324 g/mol. The lowest BCUT2D eigenvalue weighted by Gasteiger charge is -2.10.